The first-order valence-corrected chi connectivity index (χ1v) is 7.79. The van der Waals surface area contributed by atoms with Crippen LogP contribution in [0.2, 0.25) is 0 Å². The highest BCUT2D eigenvalue weighted by atomic mass is 19.4. The number of amides is 1. The molecule has 0 bridgehead atoms. The minimum Gasteiger partial charge on any atom is -0.497 e. The molecule has 8 heteroatoms. The van der Waals surface area contributed by atoms with Crippen molar-refractivity contribution in [2.24, 2.45) is 0 Å². The first kappa shape index (κ1) is 19.4. The molecule has 26 heavy (non-hydrogen) atoms. The molecule has 2 aromatic carbocycles. The summed E-state index contributed by atoms with van der Waals surface area (Å²) >= 11 is 0. The fourth-order valence-corrected chi connectivity index (χ4v) is 2.09. The summed E-state index contributed by atoms with van der Waals surface area (Å²) in [5.74, 6) is 0.455. The van der Waals surface area contributed by atoms with Crippen LogP contribution < -0.4 is 19.5 Å². The van der Waals surface area contributed by atoms with Crippen molar-refractivity contribution in [2.45, 2.75) is 19.2 Å². The van der Waals surface area contributed by atoms with Crippen LogP contribution >= 0.6 is 0 Å². The van der Waals surface area contributed by atoms with Crippen molar-refractivity contribution in [2.75, 3.05) is 19.0 Å². The Morgan fingerprint density at radius 3 is 2.35 bits per heavy atom. The molecular weight excluding hydrogens is 351 g/mol. The third-order valence-electron chi connectivity index (χ3n) is 3.26. The Balaban J connectivity index is 1.78. The predicted molar refractivity (Wildman–Crippen MR) is 89.5 cm³/mol. The lowest BCUT2D eigenvalue weighted by atomic mass is 10.2. The number of ether oxygens (including phenoxy) is 3. The number of anilines is 1. The molecule has 5 nitrogen and oxygen atoms in total. The van der Waals surface area contributed by atoms with Gasteiger partial charge in [-0.2, -0.15) is 0 Å². The normalized spacial score (nSPS) is 10.9. The molecule has 0 saturated carbocycles. The molecule has 0 aromatic heterocycles. The third kappa shape index (κ3) is 6.54. The molecule has 1 amide bonds. The van der Waals surface area contributed by atoms with Crippen molar-refractivity contribution in [3.8, 4) is 17.2 Å². The molecule has 0 aliphatic rings. The van der Waals surface area contributed by atoms with Gasteiger partial charge in [-0.3, -0.25) is 4.79 Å². The number of carbonyl (C=O) groups excluding carboxylic acids is 1. The van der Waals surface area contributed by atoms with E-state index in [0.717, 1.165) is 6.07 Å². The lowest BCUT2D eigenvalue weighted by molar-refractivity contribution is -0.274. The van der Waals surface area contributed by atoms with Crippen molar-refractivity contribution >= 4 is 11.6 Å². The Bertz CT molecular complexity index is 717. The lowest BCUT2D eigenvalue weighted by Crippen LogP contribution is -2.19. The number of carbonyl (C=O) groups is 1. The second-order valence-corrected chi connectivity index (χ2v) is 5.22. The maximum absolute atomic E-state index is 12.4. The number of hydrogen-bond donors (Lipinski definition) is 1. The van der Waals surface area contributed by atoms with Crippen LogP contribution in [0, 0.1) is 0 Å². The Morgan fingerprint density at radius 2 is 1.69 bits per heavy atom. The molecule has 0 radical (unpaired) electrons. The summed E-state index contributed by atoms with van der Waals surface area (Å²) in [6.07, 6.45) is -4.33. The monoisotopic (exact) mass is 369 g/mol. The fourth-order valence-electron chi connectivity index (χ4n) is 2.09. The average Bonchev–Trinajstić information content (AvgIpc) is 2.60. The minimum atomic E-state index is -4.83. The molecule has 0 atom stereocenters. The summed E-state index contributed by atoms with van der Waals surface area (Å²) < 4.78 is 51.5. The zero-order valence-electron chi connectivity index (χ0n) is 14.0. The Kier molecular flexibility index (Phi) is 6.71. The summed E-state index contributed by atoms with van der Waals surface area (Å²) in [6, 6.07) is 12.3. The molecule has 0 spiro atoms. The highest BCUT2D eigenvalue weighted by Gasteiger charge is 2.32. The van der Waals surface area contributed by atoms with E-state index in [1.54, 1.807) is 31.4 Å². The van der Waals surface area contributed by atoms with Gasteiger partial charge in [0.2, 0.25) is 5.91 Å². The van der Waals surface area contributed by atoms with Crippen molar-refractivity contribution in [1.82, 2.24) is 0 Å². The highest BCUT2D eigenvalue weighted by molar-refractivity contribution is 5.92. The van der Waals surface area contributed by atoms with Gasteiger partial charge in [0.25, 0.3) is 0 Å². The fraction of sp³-hybridized carbons (Fsp3) is 0.278. The summed E-state index contributed by atoms with van der Waals surface area (Å²) in [6.45, 7) is 0.292. The molecular formula is C18H18F3NO4. The zero-order chi connectivity index (χ0) is 19.0. The van der Waals surface area contributed by atoms with Crippen LogP contribution in [0.5, 0.6) is 17.2 Å². The molecule has 140 valence electrons. The first-order valence-electron chi connectivity index (χ1n) is 7.79. The lowest BCUT2D eigenvalue weighted by Gasteiger charge is -2.13. The second kappa shape index (κ2) is 8.98. The van der Waals surface area contributed by atoms with Crippen molar-refractivity contribution in [3.05, 3.63) is 48.5 Å². The summed E-state index contributed by atoms with van der Waals surface area (Å²) in [5, 5.41) is 2.41. The molecule has 0 heterocycles. The molecule has 2 aromatic rings. The van der Waals surface area contributed by atoms with Crippen LogP contribution in [-0.4, -0.2) is 26.0 Å². The minimum absolute atomic E-state index is 0.0362. The second-order valence-electron chi connectivity index (χ2n) is 5.22. The van der Waals surface area contributed by atoms with Crippen LogP contribution in [0.25, 0.3) is 0 Å². The first-order chi connectivity index (χ1) is 12.4. The highest BCUT2D eigenvalue weighted by Crippen LogP contribution is 2.30. The van der Waals surface area contributed by atoms with E-state index in [1.807, 2.05) is 0 Å². The number of benzene rings is 2. The van der Waals surface area contributed by atoms with E-state index in [0.29, 0.717) is 24.5 Å². The number of halogens is 3. The van der Waals surface area contributed by atoms with Gasteiger partial charge in [0, 0.05) is 6.42 Å². The molecule has 0 unspecified atom stereocenters. The Hall–Kier alpha value is -2.90. The van der Waals surface area contributed by atoms with Crippen LogP contribution in [-0.2, 0) is 4.79 Å². The van der Waals surface area contributed by atoms with Crippen LogP contribution in [0.1, 0.15) is 12.8 Å². The summed E-state index contributed by atoms with van der Waals surface area (Å²) in [4.78, 5) is 11.9. The van der Waals surface area contributed by atoms with Crippen LogP contribution in [0.15, 0.2) is 48.5 Å². The Labute approximate surface area is 148 Å². The van der Waals surface area contributed by atoms with Gasteiger partial charge in [-0.1, -0.05) is 12.1 Å². The molecule has 2 rings (SSSR count). The van der Waals surface area contributed by atoms with Crippen LogP contribution in [0.3, 0.4) is 0 Å². The molecule has 0 saturated heterocycles. The van der Waals surface area contributed by atoms with Crippen molar-refractivity contribution in [1.29, 1.82) is 0 Å². The van der Waals surface area contributed by atoms with E-state index in [1.165, 1.54) is 18.2 Å². The maximum atomic E-state index is 12.4. The standard InChI is InChI=1S/C18H18F3NO4/c1-24-13-8-10-14(11-9-13)25-12-4-7-17(23)22-15-5-2-3-6-16(15)26-18(19,20)21/h2-3,5-6,8-11H,4,7,12H2,1H3,(H,22,23). The summed E-state index contributed by atoms with van der Waals surface area (Å²) in [5.41, 5.74) is -0.0362. The molecule has 0 aliphatic heterocycles. The van der Waals surface area contributed by atoms with E-state index in [-0.39, 0.29) is 12.1 Å². The van der Waals surface area contributed by atoms with Crippen molar-refractivity contribution in [3.63, 3.8) is 0 Å². The predicted octanol–water partition coefficient (Wildman–Crippen LogP) is 4.39. The number of alkyl halides is 3. The Morgan fingerprint density at radius 1 is 1.04 bits per heavy atom. The number of para-hydroxylation sites is 2. The van der Waals surface area contributed by atoms with E-state index in [9.17, 15) is 18.0 Å². The molecule has 0 fully saturated rings. The molecule has 0 aliphatic carbocycles. The van der Waals surface area contributed by atoms with Gasteiger partial charge in [0.15, 0.2) is 5.75 Å². The smallest absolute Gasteiger partial charge is 0.497 e. The number of methoxy groups -OCH3 is 1. The molecule has 1 N–H and O–H groups in total. The van der Waals surface area contributed by atoms with Crippen LogP contribution in [0.4, 0.5) is 18.9 Å². The number of nitrogens with one attached hydrogen (secondary N) is 1. The number of hydrogen-bond acceptors (Lipinski definition) is 4. The quantitative estimate of drug-likeness (QED) is 0.701. The number of rotatable bonds is 8. The SMILES string of the molecule is COc1ccc(OCCCC(=O)Nc2ccccc2OC(F)(F)F)cc1. The van der Waals surface area contributed by atoms with Gasteiger partial charge in [-0.25, -0.2) is 0 Å². The van der Waals surface area contributed by atoms with Gasteiger partial charge >= 0.3 is 6.36 Å². The largest absolute Gasteiger partial charge is 0.573 e. The van der Waals surface area contributed by atoms with E-state index in [2.05, 4.69) is 10.1 Å². The van der Waals surface area contributed by atoms with Crippen molar-refractivity contribution < 1.29 is 32.2 Å². The van der Waals surface area contributed by atoms with Gasteiger partial charge < -0.3 is 19.5 Å². The van der Waals surface area contributed by atoms with Gasteiger partial charge in [-0.05, 0) is 42.8 Å². The van der Waals surface area contributed by atoms with E-state index >= 15 is 0 Å². The van der Waals surface area contributed by atoms with Gasteiger partial charge in [0.05, 0.1) is 19.4 Å². The van der Waals surface area contributed by atoms with Gasteiger partial charge in [-0.15, -0.1) is 13.2 Å². The maximum Gasteiger partial charge on any atom is 0.573 e. The zero-order valence-corrected chi connectivity index (χ0v) is 14.0. The topological polar surface area (TPSA) is 56.8 Å². The van der Waals surface area contributed by atoms with E-state index < -0.39 is 18.0 Å². The summed E-state index contributed by atoms with van der Waals surface area (Å²) in [7, 11) is 1.56. The third-order valence-corrected chi connectivity index (χ3v) is 3.26. The van der Waals surface area contributed by atoms with E-state index in [4.69, 9.17) is 9.47 Å². The average molecular weight is 369 g/mol. The van der Waals surface area contributed by atoms with Gasteiger partial charge in [0.1, 0.15) is 11.5 Å².